The maximum Gasteiger partial charge on any atom is 0.159 e. The van der Waals surface area contributed by atoms with Crippen LogP contribution in [0.5, 0.6) is 0 Å². The van der Waals surface area contributed by atoms with Crippen molar-refractivity contribution >= 4 is 21.2 Å². The highest BCUT2D eigenvalue weighted by Crippen LogP contribution is 2.32. The van der Waals surface area contributed by atoms with Crippen molar-refractivity contribution < 1.29 is 8.42 Å². The van der Waals surface area contributed by atoms with E-state index in [2.05, 4.69) is 22.4 Å². The van der Waals surface area contributed by atoms with Gasteiger partial charge in [0.2, 0.25) is 0 Å². The van der Waals surface area contributed by atoms with Gasteiger partial charge in [0.25, 0.3) is 0 Å². The van der Waals surface area contributed by atoms with E-state index in [0.29, 0.717) is 5.01 Å². The van der Waals surface area contributed by atoms with Crippen LogP contribution in [0.25, 0.3) is 0 Å². The van der Waals surface area contributed by atoms with Crippen LogP contribution in [0, 0.1) is 0 Å². The number of nitrogens with one attached hydrogen (secondary N) is 1. The summed E-state index contributed by atoms with van der Waals surface area (Å²) in [5.41, 5.74) is 0. The Morgan fingerprint density at radius 3 is 2.50 bits per heavy atom. The molecule has 1 heterocycles. The van der Waals surface area contributed by atoms with Crippen LogP contribution in [-0.2, 0) is 14.6 Å². The van der Waals surface area contributed by atoms with Gasteiger partial charge in [0, 0.05) is 6.26 Å². The van der Waals surface area contributed by atoms with Gasteiger partial charge in [-0.1, -0.05) is 18.3 Å². The summed E-state index contributed by atoms with van der Waals surface area (Å²) in [6.45, 7) is 8.34. The predicted octanol–water partition coefficient (Wildman–Crippen LogP) is 1.88. The van der Waals surface area contributed by atoms with E-state index in [9.17, 15) is 8.42 Å². The second kappa shape index (κ2) is 5.63. The van der Waals surface area contributed by atoms with Crippen molar-refractivity contribution in [3.05, 3.63) is 10.0 Å². The van der Waals surface area contributed by atoms with Gasteiger partial charge >= 0.3 is 0 Å². The Bertz CT molecular complexity index is 494. The van der Waals surface area contributed by atoms with Crippen LogP contribution in [0.3, 0.4) is 0 Å². The lowest BCUT2D eigenvalue weighted by molar-refractivity contribution is 0.555. The Morgan fingerprint density at radius 1 is 1.39 bits per heavy atom. The lowest BCUT2D eigenvalue weighted by Gasteiger charge is -2.18. The average molecular weight is 291 g/mol. The molecule has 0 fully saturated rings. The fourth-order valence-corrected chi connectivity index (χ4v) is 3.06. The fraction of sp³-hybridized carbons (Fsp3) is 0.818. The third kappa shape index (κ3) is 3.27. The molecule has 1 aromatic rings. The highest BCUT2D eigenvalue weighted by atomic mass is 32.2. The molecule has 1 unspecified atom stereocenters. The molecule has 104 valence electrons. The van der Waals surface area contributed by atoms with E-state index in [-0.39, 0.29) is 6.04 Å². The minimum Gasteiger partial charge on any atom is -0.308 e. The van der Waals surface area contributed by atoms with Crippen LogP contribution in [-0.4, -0.2) is 31.4 Å². The number of nitrogens with zero attached hydrogens (tertiary/aromatic N) is 2. The first-order valence-corrected chi connectivity index (χ1v) is 8.67. The summed E-state index contributed by atoms with van der Waals surface area (Å²) in [7, 11) is -3.20. The summed E-state index contributed by atoms with van der Waals surface area (Å²) in [5.74, 6) is 0. The van der Waals surface area contributed by atoms with Crippen molar-refractivity contribution in [1.29, 1.82) is 0 Å². The average Bonchev–Trinajstić information content (AvgIpc) is 2.73. The number of aromatic nitrogens is 2. The summed E-state index contributed by atoms with van der Waals surface area (Å²) < 4.78 is 22.5. The first-order valence-electron chi connectivity index (χ1n) is 5.97. The van der Waals surface area contributed by atoms with E-state index in [0.717, 1.165) is 18.0 Å². The molecule has 0 aliphatic rings. The molecule has 0 amide bonds. The molecule has 5 nitrogen and oxygen atoms in total. The van der Waals surface area contributed by atoms with Crippen LogP contribution in [0.2, 0.25) is 0 Å². The van der Waals surface area contributed by atoms with Gasteiger partial charge < -0.3 is 5.32 Å². The Morgan fingerprint density at radius 2 is 2.00 bits per heavy atom. The molecule has 7 heteroatoms. The van der Waals surface area contributed by atoms with Crippen LogP contribution >= 0.6 is 11.3 Å². The second-order valence-corrected chi connectivity index (χ2v) is 8.48. The third-order valence-electron chi connectivity index (χ3n) is 2.95. The third-order valence-corrected chi connectivity index (χ3v) is 6.56. The standard InChI is InChI=1S/C11H21N3O2S2/c1-6-7-12-8(2)9-13-14-10(17-9)11(3,4)18(5,15)16/h8,12H,6-7H2,1-5H3. The summed E-state index contributed by atoms with van der Waals surface area (Å²) in [6, 6.07) is 0.103. The number of hydrogen-bond donors (Lipinski definition) is 1. The summed E-state index contributed by atoms with van der Waals surface area (Å²) in [4.78, 5) is 0. The van der Waals surface area contributed by atoms with Gasteiger partial charge in [0.15, 0.2) is 9.84 Å². The van der Waals surface area contributed by atoms with Gasteiger partial charge in [-0.25, -0.2) is 8.42 Å². The van der Waals surface area contributed by atoms with Crippen LogP contribution in [0.15, 0.2) is 0 Å². The number of sulfone groups is 1. The van der Waals surface area contributed by atoms with Gasteiger partial charge in [0.1, 0.15) is 14.8 Å². The van der Waals surface area contributed by atoms with Crippen molar-refractivity contribution in [2.45, 2.75) is 44.9 Å². The first kappa shape index (κ1) is 15.5. The smallest absolute Gasteiger partial charge is 0.159 e. The zero-order valence-electron chi connectivity index (χ0n) is 11.5. The Hall–Kier alpha value is -0.530. The quantitative estimate of drug-likeness (QED) is 0.866. The molecule has 0 aromatic carbocycles. The molecule has 18 heavy (non-hydrogen) atoms. The predicted molar refractivity (Wildman–Crippen MR) is 74.5 cm³/mol. The molecule has 0 saturated heterocycles. The van der Waals surface area contributed by atoms with Crippen LogP contribution < -0.4 is 5.32 Å². The molecule has 0 aliphatic carbocycles. The van der Waals surface area contributed by atoms with Crippen molar-refractivity contribution in [1.82, 2.24) is 15.5 Å². The number of rotatable bonds is 6. The zero-order chi connectivity index (χ0) is 14.0. The van der Waals surface area contributed by atoms with Crippen molar-refractivity contribution in [3.63, 3.8) is 0 Å². The van der Waals surface area contributed by atoms with Gasteiger partial charge in [-0.3, -0.25) is 0 Å². The lowest BCUT2D eigenvalue weighted by Crippen LogP contribution is -2.27. The largest absolute Gasteiger partial charge is 0.308 e. The molecule has 1 atom stereocenters. The SMILES string of the molecule is CCCNC(C)c1nnc(C(C)(C)S(C)(=O)=O)s1. The van der Waals surface area contributed by atoms with Crippen molar-refractivity contribution in [2.24, 2.45) is 0 Å². The molecule has 0 saturated carbocycles. The Kier molecular flexibility index (Phi) is 4.85. The maximum atomic E-state index is 11.7. The molecule has 1 rings (SSSR count). The van der Waals surface area contributed by atoms with Gasteiger partial charge in [-0.05, 0) is 33.7 Å². The molecule has 0 bridgehead atoms. The highest BCUT2D eigenvalue weighted by Gasteiger charge is 2.36. The molecule has 0 aliphatic heterocycles. The molecule has 1 aromatic heterocycles. The molecule has 1 N–H and O–H groups in total. The maximum absolute atomic E-state index is 11.7. The Balaban J connectivity index is 2.93. The lowest BCUT2D eigenvalue weighted by atomic mass is 10.2. The minimum atomic E-state index is -3.20. The van der Waals surface area contributed by atoms with Gasteiger partial charge in [0.05, 0.1) is 6.04 Å². The van der Waals surface area contributed by atoms with Crippen molar-refractivity contribution in [3.8, 4) is 0 Å². The molecule has 0 radical (unpaired) electrons. The van der Waals surface area contributed by atoms with Crippen molar-refractivity contribution in [2.75, 3.05) is 12.8 Å². The van der Waals surface area contributed by atoms with E-state index in [1.807, 2.05) is 6.92 Å². The normalized spacial score (nSPS) is 14.7. The molecular weight excluding hydrogens is 270 g/mol. The molecule has 0 spiro atoms. The highest BCUT2D eigenvalue weighted by molar-refractivity contribution is 7.91. The summed E-state index contributed by atoms with van der Waals surface area (Å²) in [5, 5.41) is 12.8. The van der Waals surface area contributed by atoms with E-state index in [4.69, 9.17) is 0 Å². The Labute approximate surface area is 113 Å². The zero-order valence-corrected chi connectivity index (χ0v) is 13.2. The first-order chi connectivity index (χ1) is 8.20. The van der Waals surface area contributed by atoms with Crippen LogP contribution in [0.4, 0.5) is 0 Å². The number of hydrogen-bond acceptors (Lipinski definition) is 6. The fourth-order valence-electron chi connectivity index (χ4n) is 1.26. The van der Waals surface area contributed by atoms with Crippen LogP contribution in [0.1, 0.15) is 50.2 Å². The van der Waals surface area contributed by atoms with Gasteiger partial charge in [-0.15, -0.1) is 10.2 Å². The van der Waals surface area contributed by atoms with E-state index in [1.54, 1.807) is 13.8 Å². The monoisotopic (exact) mass is 291 g/mol. The summed E-state index contributed by atoms with van der Waals surface area (Å²) in [6.07, 6.45) is 2.28. The summed E-state index contributed by atoms with van der Waals surface area (Å²) >= 11 is 1.36. The van der Waals surface area contributed by atoms with E-state index >= 15 is 0 Å². The topological polar surface area (TPSA) is 72.0 Å². The minimum absolute atomic E-state index is 0.103. The second-order valence-electron chi connectivity index (χ2n) is 4.90. The van der Waals surface area contributed by atoms with Gasteiger partial charge in [-0.2, -0.15) is 0 Å². The molecular formula is C11H21N3O2S2. The van der Waals surface area contributed by atoms with E-state index < -0.39 is 14.6 Å². The van der Waals surface area contributed by atoms with E-state index in [1.165, 1.54) is 17.6 Å².